The van der Waals surface area contributed by atoms with Crippen molar-refractivity contribution in [3.05, 3.63) is 79.9 Å². The number of phenolic OH excluding ortho intramolecular Hbond substituents is 1. The number of hydrogen-bond donors (Lipinski definition) is 2. The molecule has 28 heavy (non-hydrogen) atoms. The summed E-state index contributed by atoms with van der Waals surface area (Å²) in [4.78, 5) is 21.5. The summed E-state index contributed by atoms with van der Waals surface area (Å²) in [6, 6.07) is 11.9. The predicted octanol–water partition coefficient (Wildman–Crippen LogP) is 4.23. The molecule has 0 saturated carbocycles. The van der Waals surface area contributed by atoms with E-state index in [1.54, 1.807) is 47.1 Å². The molecule has 2 N–H and O–H groups in total. The van der Waals surface area contributed by atoms with Crippen LogP contribution in [0.25, 0.3) is 17.1 Å². The zero-order valence-corrected chi connectivity index (χ0v) is 16.4. The maximum Gasteiger partial charge on any atom is 0.284 e. The Hall–Kier alpha value is -2.83. The number of aromatic nitrogens is 4. The first-order valence-corrected chi connectivity index (χ1v) is 9.46. The highest BCUT2D eigenvalue weighted by molar-refractivity contribution is 6.37. The zero-order valence-electron chi connectivity index (χ0n) is 14.9. The summed E-state index contributed by atoms with van der Waals surface area (Å²) in [6.07, 6.45) is 0.954. The molecule has 0 saturated heterocycles. The van der Waals surface area contributed by atoms with Gasteiger partial charge in [-0.05, 0) is 36.2 Å². The van der Waals surface area contributed by atoms with Crippen LogP contribution in [-0.2, 0) is 12.8 Å². The fraction of sp³-hybridized carbons (Fsp3) is 0.150. The van der Waals surface area contributed by atoms with E-state index in [-0.39, 0.29) is 11.3 Å². The third-order valence-corrected chi connectivity index (χ3v) is 5.09. The number of aromatic hydroxyl groups is 1. The van der Waals surface area contributed by atoms with Crippen molar-refractivity contribution in [2.24, 2.45) is 0 Å². The Morgan fingerprint density at radius 3 is 2.39 bits per heavy atom. The second-order valence-electron chi connectivity index (χ2n) is 6.34. The van der Waals surface area contributed by atoms with Crippen molar-refractivity contribution in [1.82, 2.24) is 19.7 Å². The molecule has 4 rings (SSSR count). The number of para-hydroxylation sites is 1. The maximum absolute atomic E-state index is 12.7. The molecule has 0 amide bonds. The first kappa shape index (κ1) is 18.5. The molecule has 6 nitrogen and oxygen atoms in total. The largest absolute Gasteiger partial charge is 0.508 e. The van der Waals surface area contributed by atoms with Gasteiger partial charge in [-0.3, -0.25) is 9.89 Å². The first-order valence-electron chi connectivity index (χ1n) is 8.70. The number of H-pyrrole nitrogens is 1. The molecule has 2 heterocycles. The van der Waals surface area contributed by atoms with Gasteiger partial charge in [0.2, 0.25) is 0 Å². The summed E-state index contributed by atoms with van der Waals surface area (Å²) in [5.41, 5.74) is 2.20. The molecule has 0 radical (unpaired) electrons. The Kier molecular flexibility index (Phi) is 4.83. The van der Waals surface area contributed by atoms with Crippen LogP contribution in [0.1, 0.15) is 24.0 Å². The van der Waals surface area contributed by atoms with Gasteiger partial charge in [0.1, 0.15) is 22.8 Å². The molecule has 0 unspecified atom stereocenters. The van der Waals surface area contributed by atoms with Gasteiger partial charge in [-0.15, -0.1) is 0 Å². The topological polar surface area (TPSA) is 83.8 Å². The molecule has 0 spiro atoms. The van der Waals surface area contributed by atoms with Crippen LogP contribution in [0.2, 0.25) is 10.0 Å². The van der Waals surface area contributed by atoms with Crippen LogP contribution in [0.4, 0.5) is 0 Å². The average Bonchev–Trinajstić information content (AvgIpc) is 3.02. The molecule has 2 aliphatic heterocycles. The molecule has 0 fully saturated rings. The molecule has 2 aromatic carbocycles. The van der Waals surface area contributed by atoms with E-state index in [1.807, 2.05) is 6.92 Å². The van der Waals surface area contributed by atoms with Crippen molar-refractivity contribution in [1.29, 1.82) is 0 Å². The Balaban J connectivity index is 1.90. The normalized spacial score (nSPS) is 11.2. The van der Waals surface area contributed by atoms with Crippen LogP contribution in [0.3, 0.4) is 0 Å². The Morgan fingerprint density at radius 2 is 1.75 bits per heavy atom. The zero-order chi connectivity index (χ0) is 19.8. The van der Waals surface area contributed by atoms with Crippen LogP contribution in [0, 0.1) is 0 Å². The number of aromatic amines is 1. The second kappa shape index (κ2) is 7.30. The van der Waals surface area contributed by atoms with Gasteiger partial charge in [-0.1, -0.05) is 48.3 Å². The van der Waals surface area contributed by atoms with E-state index in [0.717, 1.165) is 5.56 Å². The summed E-state index contributed by atoms with van der Waals surface area (Å²) in [5, 5.41) is 13.5. The number of hydrogen-bond acceptors (Lipinski definition) is 4. The molecule has 8 heteroatoms. The number of benzene rings is 2. The van der Waals surface area contributed by atoms with E-state index in [0.29, 0.717) is 51.5 Å². The number of halogens is 2. The van der Waals surface area contributed by atoms with Gasteiger partial charge in [0, 0.05) is 12.1 Å². The van der Waals surface area contributed by atoms with Crippen molar-refractivity contribution in [3.8, 4) is 22.8 Å². The second-order valence-corrected chi connectivity index (χ2v) is 7.15. The number of fused-ring (bicyclic) bond motifs is 1. The van der Waals surface area contributed by atoms with E-state index < -0.39 is 0 Å². The third-order valence-electron chi connectivity index (χ3n) is 4.48. The molecule has 0 aliphatic carbocycles. The molecular formula is C20H16Cl2N4O2. The summed E-state index contributed by atoms with van der Waals surface area (Å²) in [7, 11) is 0. The molecule has 2 aliphatic rings. The lowest BCUT2D eigenvalue weighted by atomic mass is 10.1. The van der Waals surface area contributed by atoms with Crippen molar-refractivity contribution in [2.45, 2.75) is 19.8 Å². The van der Waals surface area contributed by atoms with Crippen molar-refractivity contribution in [2.75, 3.05) is 0 Å². The molecule has 0 aromatic heterocycles. The number of nitrogens with zero attached hydrogens (tertiary/aromatic N) is 3. The SMILES string of the molecule is CCc1[nH]n(-c2c(Cl)cccc2Cl)c2nc(Cc3ccc(O)cc3)nc(=O)c1-2. The Bertz CT molecular complexity index is 1160. The van der Waals surface area contributed by atoms with E-state index in [1.165, 1.54) is 0 Å². The van der Waals surface area contributed by atoms with E-state index in [2.05, 4.69) is 15.1 Å². The Morgan fingerprint density at radius 1 is 1.07 bits per heavy atom. The minimum Gasteiger partial charge on any atom is -0.508 e. The standard InChI is InChI=1S/C20H16Cl2N4O2/c1-2-15-17-19(26(25-15)18-13(21)4-3-5-14(18)22)23-16(24-20(17)28)10-11-6-8-12(27)9-7-11/h3-9,25,27H,2,10H2,1H3. The van der Waals surface area contributed by atoms with Gasteiger partial charge < -0.3 is 5.11 Å². The minimum absolute atomic E-state index is 0.175. The van der Waals surface area contributed by atoms with Crippen LogP contribution < -0.4 is 5.56 Å². The smallest absolute Gasteiger partial charge is 0.284 e. The van der Waals surface area contributed by atoms with Crippen molar-refractivity contribution in [3.63, 3.8) is 0 Å². The molecule has 0 bridgehead atoms. The third kappa shape index (κ3) is 3.25. The number of nitrogens with one attached hydrogen (secondary N) is 1. The summed E-state index contributed by atoms with van der Waals surface area (Å²) in [6.45, 7) is 1.94. The minimum atomic E-state index is -0.353. The van der Waals surface area contributed by atoms with Gasteiger partial charge >= 0.3 is 0 Å². The summed E-state index contributed by atoms with van der Waals surface area (Å²) >= 11 is 12.7. The first-order chi connectivity index (χ1) is 13.5. The van der Waals surface area contributed by atoms with E-state index >= 15 is 0 Å². The van der Waals surface area contributed by atoms with Crippen molar-refractivity contribution < 1.29 is 5.11 Å². The number of aryl methyl sites for hydroxylation is 1. The number of phenols is 1. The van der Waals surface area contributed by atoms with Gasteiger partial charge in [-0.25, -0.2) is 9.67 Å². The van der Waals surface area contributed by atoms with Gasteiger partial charge in [0.15, 0.2) is 5.82 Å². The fourth-order valence-corrected chi connectivity index (χ4v) is 3.70. The molecule has 142 valence electrons. The van der Waals surface area contributed by atoms with Gasteiger partial charge in [0.25, 0.3) is 5.56 Å². The molecular weight excluding hydrogens is 399 g/mol. The van der Waals surface area contributed by atoms with E-state index in [9.17, 15) is 9.90 Å². The summed E-state index contributed by atoms with van der Waals surface area (Å²) < 4.78 is 1.64. The highest BCUT2D eigenvalue weighted by atomic mass is 35.5. The fourth-order valence-electron chi connectivity index (χ4n) is 3.14. The van der Waals surface area contributed by atoms with E-state index in [4.69, 9.17) is 23.2 Å². The highest BCUT2D eigenvalue weighted by Gasteiger charge is 2.24. The summed E-state index contributed by atoms with van der Waals surface area (Å²) in [5.74, 6) is 0.983. The average molecular weight is 415 g/mol. The van der Waals surface area contributed by atoms with Crippen LogP contribution in [-0.4, -0.2) is 24.9 Å². The molecule has 2 aromatic rings. The van der Waals surface area contributed by atoms with Gasteiger partial charge in [0.05, 0.1) is 10.0 Å². The maximum atomic E-state index is 12.7. The monoisotopic (exact) mass is 414 g/mol. The highest BCUT2D eigenvalue weighted by Crippen LogP contribution is 2.32. The predicted molar refractivity (Wildman–Crippen MR) is 109 cm³/mol. The van der Waals surface area contributed by atoms with Crippen molar-refractivity contribution >= 4 is 23.2 Å². The number of rotatable bonds is 4. The lowest BCUT2D eigenvalue weighted by molar-refractivity contribution is 0.475. The van der Waals surface area contributed by atoms with Crippen LogP contribution in [0.15, 0.2) is 47.3 Å². The molecule has 0 atom stereocenters. The van der Waals surface area contributed by atoms with Crippen LogP contribution >= 0.6 is 23.2 Å². The van der Waals surface area contributed by atoms with Crippen LogP contribution in [0.5, 0.6) is 5.75 Å². The lowest BCUT2D eigenvalue weighted by Gasteiger charge is -2.11. The van der Waals surface area contributed by atoms with Gasteiger partial charge in [-0.2, -0.15) is 4.98 Å². The lowest BCUT2D eigenvalue weighted by Crippen LogP contribution is -2.17. The Labute approximate surface area is 170 Å². The quantitative estimate of drug-likeness (QED) is 0.523.